The molecule has 138 valence electrons. The number of amides is 1. The minimum atomic E-state index is -0.727. The molecular formula is C16H18I3NO5. The summed E-state index contributed by atoms with van der Waals surface area (Å²) < 4.78 is 12.8. The Kier molecular flexibility index (Phi) is 9.92. The standard InChI is InChI=1S/C16H18I3NO5/c1-4-11-12(17)5-13(18)14(15(11)19)16(23)20-6-10(25-9(3)22)7-24-8(2)21/h5,10H,4,6-7H2,1-3H3,(H,20,23). The van der Waals surface area contributed by atoms with Crippen molar-refractivity contribution in [2.75, 3.05) is 13.2 Å². The quantitative estimate of drug-likeness (QED) is 0.353. The molecule has 0 aliphatic carbocycles. The number of ether oxygens (including phenoxy) is 2. The van der Waals surface area contributed by atoms with E-state index in [1.807, 2.05) is 13.0 Å². The zero-order valence-corrected chi connectivity index (χ0v) is 20.4. The van der Waals surface area contributed by atoms with Crippen LogP contribution >= 0.6 is 67.8 Å². The van der Waals surface area contributed by atoms with Crippen molar-refractivity contribution in [2.24, 2.45) is 0 Å². The Morgan fingerprint density at radius 1 is 1.12 bits per heavy atom. The third kappa shape index (κ3) is 7.15. The van der Waals surface area contributed by atoms with Gasteiger partial charge in [0.2, 0.25) is 0 Å². The third-order valence-corrected chi connectivity index (χ3v) is 6.14. The van der Waals surface area contributed by atoms with Gasteiger partial charge in [0.25, 0.3) is 5.91 Å². The van der Waals surface area contributed by atoms with Crippen molar-refractivity contribution in [3.63, 3.8) is 0 Å². The molecule has 1 N–H and O–H groups in total. The van der Waals surface area contributed by atoms with Crippen LogP contribution in [0.4, 0.5) is 0 Å². The van der Waals surface area contributed by atoms with Gasteiger partial charge < -0.3 is 14.8 Å². The predicted octanol–water partition coefficient (Wildman–Crippen LogP) is 3.29. The van der Waals surface area contributed by atoms with E-state index in [1.165, 1.54) is 13.8 Å². The molecular weight excluding hydrogens is 667 g/mol. The molecule has 0 bridgehead atoms. The van der Waals surface area contributed by atoms with Crippen LogP contribution in [0.2, 0.25) is 0 Å². The highest BCUT2D eigenvalue weighted by Crippen LogP contribution is 2.28. The number of benzene rings is 1. The maximum Gasteiger partial charge on any atom is 0.303 e. The van der Waals surface area contributed by atoms with Gasteiger partial charge in [0.1, 0.15) is 6.61 Å². The van der Waals surface area contributed by atoms with E-state index in [4.69, 9.17) is 9.47 Å². The predicted molar refractivity (Wildman–Crippen MR) is 118 cm³/mol. The molecule has 9 heteroatoms. The molecule has 0 fully saturated rings. The van der Waals surface area contributed by atoms with Gasteiger partial charge in [-0.3, -0.25) is 14.4 Å². The van der Waals surface area contributed by atoms with Crippen LogP contribution in [0.1, 0.15) is 36.7 Å². The number of halogens is 3. The molecule has 0 saturated heterocycles. The molecule has 1 aromatic carbocycles. The van der Waals surface area contributed by atoms with Crippen LogP contribution in [-0.4, -0.2) is 37.1 Å². The number of nitrogens with one attached hydrogen (secondary N) is 1. The summed E-state index contributed by atoms with van der Waals surface area (Å²) in [6.07, 6.45) is 0.103. The van der Waals surface area contributed by atoms with Gasteiger partial charge in [0.15, 0.2) is 6.10 Å². The molecule has 1 atom stereocenters. The van der Waals surface area contributed by atoms with Gasteiger partial charge in [-0.15, -0.1) is 0 Å². The van der Waals surface area contributed by atoms with Crippen LogP contribution in [-0.2, 0) is 25.5 Å². The van der Waals surface area contributed by atoms with E-state index in [2.05, 4.69) is 73.1 Å². The van der Waals surface area contributed by atoms with Crippen LogP contribution < -0.4 is 5.32 Å². The van der Waals surface area contributed by atoms with E-state index in [0.29, 0.717) is 5.56 Å². The first kappa shape index (κ1) is 22.9. The SMILES string of the molecule is CCc1c(I)cc(I)c(C(=O)NCC(COC(C)=O)OC(C)=O)c1I. The van der Waals surface area contributed by atoms with Crippen LogP contribution in [0.15, 0.2) is 6.07 Å². The minimum absolute atomic E-state index is 0.0608. The molecule has 1 unspecified atom stereocenters. The number of carbonyl (C=O) groups excluding carboxylic acids is 3. The second kappa shape index (κ2) is 10.8. The summed E-state index contributed by atoms with van der Waals surface area (Å²) in [7, 11) is 0. The normalized spacial score (nSPS) is 11.6. The Morgan fingerprint density at radius 2 is 1.76 bits per heavy atom. The van der Waals surface area contributed by atoms with Crippen LogP contribution in [0.3, 0.4) is 0 Å². The van der Waals surface area contributed by atoms with Crippen molar-refractivity contribution in [2.45, 2.75) is 33.3 Å². The first-order valence-corrected chi connectivity index (χ1v) is 10.7. The summed E-state index contributed by atoms with van der Waals surface area (Å²) in [4.78, 5) is 34.7. The second-order valence-corrected chi connectivity index (χ2v) is 8.51. The first-order chi connectivity index (χ1) is 11.7. The Bertz CT molecular complexity index is 678. The number of carbonyl (C=O) groups is 3. The molecule has 0 radical (unpaired) electrons. The first-order valence-electron chi connectivity index (χ1n) is 7.42. The molecule has 1 rings (SSSR count). The van der Waals surface area contributed by atoms with Crippen LogP contribution in [0.5, 0.6) is 0 Å². The highest BCUT2D eigenvalue weighted by Gasteiger charge is 2.21. The lowest BCUT2D eigenvalue weighted by Crippen LogP contribution is -2.38. The molecule has 0 spiro atoms. The summed E-state index contributed by atoms with van der Waals surface area (Å²) in [5.74, 6) is -1.23. The smallest absolute Gasteiger partial charge is 0.303 e. The summed E-state index contributed by atoms with van der Waals surface area (Å²) in [5.41, 5.74) is 1.73. The summed E-state index contributed by atoms with van der Waals surface area (Å²) in [5, 5.41) is 2.76. The summed E-state index contributed by atoms with van der Waals surface area (Å²) in [6, 6.07) is 1.97. The molecule has 6 nitrogen and oxygen atoms in total. The van der Waals surface area contributed by atoms with E-state index in [1.54, 1.807) is 0 Å². The van der Waals surface area contributed by atoms with Gasteiger partial charge in [-0.05, 0) is 85.8 Å². The van der Waals surface area contributed by atoms with Gasteiger partial charge in [-0.1, -0.05) is 6.92 Å². The van der Waals surface area contributed by atoms with Crippen molar-refractivity contribution in [3.05, 3.63) is 27.9 Å². The fourth-order valence-electron chi connectivity index (χ4n) is 2.04. The molecule has 25 heavy (non-hydrogen) atoms. The number of hydrogen-bond donors (Lipinski definition) is 1. The van der Waals surface area contributed by atoms with Crippen LogP contribution in [0.25, 0.3) is 0 Å². The molecule has 0 heterocycles. The fourth-order valence-corrected chi connectivity index (χ4v) is 6.66. The van der Waals surface area contributed by atoms with Gasteiger partial charge in [-0.2, -0.15) is 0 Å². The van der Waals surface area contributed by atoms with Crippen molar-refractivity contribution in [1.29, 1.82) is 0 Å². The Hall–Kier alpha value is -0.180. The molecule has 0 aromatic heterocycles. The van der Waals surface area contributed by atoms with E-state index < -0.39 is 18.0 Å². The molecule has 0 aliphatic heterocycles. The van der Waals surface area contributed by atoms with Gasteiger partial charge in [0.05, 0.1) is 12.1 Å². The van der Waals surface area contributed by atoms with Crippen molar-refractivity contribution >= 4 is 85.6 Å². The third-order valence-electron chi connectivity index (χ3n) is 3.14. The molecule has 1 aromatic rings. The number of hydrogen-bond acceptors (Lipinski definition) is 5. The minimum Gasteiger partial charge on any atom is -0.462 e. The highest BCUT2D eigenvalue weighted by atomic mass is 127. The van der Waals surface area contributed by atoms with E-state index in [0.717, 1.165) is 22.7 Å². The zero-order valence-electron chi connectivity index (χ0n) is 14.0. The average molecular weight is 685 g/mol. The average Bonchev–Trinajstić information content (AvgIpc) is 2.49. The Labute approximate surface area is 187 Å². The summed E-state index contributed by atoms with van der Waals surface area (Å²) >= 11 is 6.59. The number of esters is 2. The molecule has 0 aliphatic rings. The Morgan fingerprint density at radius 3 is 2.28 bits per heavy atom. The molecule has 1 amide bonds. The van der Waals surface area contributed by atoms with Gasteiger partial charge in [-0.25, -0.2) is 0 Å². The largest absolute Gasteiger partial charge is 0.462 e. The van der Waals surface area contributed by atoms with Crippen molar-refractivity contribution in [1.82, 2.24) is 5.32 Å². The lowest BCUT2D eigenvalue weighted by atomic mass is 10.1. The van der Waals surface area contributed by atoms with E-state index >= 15 is 0 Å². The lowest BCUT2D eigenvalue weighted by molar-refractivity contribution is -0.155. The second-order valence-electron chi connectivity index (χ2n) is 5.11. The number of rotatable bonds is 7. The van der Waals surface area contributed by atoms with Crippen LogP contribution in [0, 0.1) is 10.7 Å². The highest BCUT2D eigenvalue weighted by molar-refractivity contribution is 14.1. The van der Waals surface area contributed by atoms with Crippen molar-refractivity contribution in [3.8, 4) is 0 Å². The topological polar surface area (TPSA) is 81.7 Å². The van der Waals surface area contributed by atoms with Gasteiger partial charge in [0, 0.05) is 24.6 Å². The van der Waals surface area contributed by atoms with E-state index in [9.17, 15) is 14.4 Å². The molecule has 0 saturated carbocycles. The van der Waals surface area contributed by atoms with Crippen molar-refractivity contribution < 1.29 is 23.9 Å². The Balaban J connectivity index is 2.90. The maximum absolute atomic E-state index is 12.6. The fraction of sp³-hybridized carbons (Fsp3) is 0.438. The maximum atomic E-state index is 12.6. The zero-order chi connectivity index (χ0) is 19.1. The lowest BCUT2D eigenvalue weighted by Gasteiger charge is -2.18. The van der Waals surface area contributed by atoms with Gasteiger partial charge >= 0.3 is 11.9 Å². The summed E-state index contributed by atoms with van der Waals surface area (Å²) in [6.45, 7) is 4.54. The monoisotopic (exact) mass is 685 g/mol. The van der Waals surface area contributed by atoms with E-state index in [-0.39, 0.29) is 19.1 Å².